The second-order valence-electron chi connectivity index (χ2n) is 4.52. The lowest BCUT2D eigenvalue weighted by molar-refractivity contribution is 0.284. The lowest BCUT2D eigenvalue weighted by Gasteiger charge is -2.01. The molecule has 1 heteroatoms. The Hall–Kier alpha value is -0.980. The Morgan fingerprint density at radius 3 is 2.25 bits per heavy atom. The summed E-state index contributed by atoms with van der Waals surface area (Å²) >= 11 is 0. The lowest BCUT2D eigenvalue weighted by Crippen LogP contribution is -1.86. The summed E-state index contributed by atoms with van der Waals surface area (Å²) in [7, 11) is 0. The van der Waals surface area contributed by atoms with Gasteiger partial charge in [-0.1, -0.05) is 24.1 Å². The second kappa shape index (κ2) is 9.26. The summed E-state index contributed by atoms with van der Waals surface area (Å²) in [5, 5.41) is 0. The molecule has 0 spiro atoms. The Bertz CT molecular complexity index is 265. The number of rotatable bonds is 7. The molecule has 0 unspecified atom stereocenters. The minimum atomic E-state index is 0.692. The summed E-state index contributed by atoms with van der Waals surface area (Å²) in [5.74, 6) is 0. The van der Waals surface area contributed by atoms with Crippen molar-refractivity contribution in [3.8, 4) is 0 Å². The van der Waals surface area contributed by atoms with Gasteiger partial charge in [0, 0.05) is 0 Å². The van der Waals surface area contributed by atoms with Crippen LogP contribution in [-0.2, 0) is 4.74 Å². The fourth-order valence-electron chi connectivity index (χ4n) is 1.15. The molecule has 0 heterocycles. The SMILES string of the molecule is CC/C(C)=C/OC/C=C(\C)CCC=C(C)C. The zero-order valence-electron chi connectivity index (χ0n) is 11.5. The molecule has 0 aromatic carbocycles. The first kappa shape index (κ1) is 15.0. The first-order valence-electron chi connectivity index (χ1n) is 6.12. The predicted molar refractivity (Wildman–Crippen MR) is 72.4 cm³/mol. The smallest absolute Gasteiger partial charge is 0.106 e. The largest absolute Gasteiger partial charge is 0.497 e. The van der Waals surface area contributed by atoms with E-state index in [0.717, 1.165) is 19.3 Å². The zero-order chi connectivity index (χ0) is 12.4. The van der Waals surface area contributed by atoms with Gasteiger partial charge < -0.3 is 4.74 Å². The molecule has 0 amide bonds. The van der Waals surface area contributed by atoms with Crippen LogP contribution < -0.4 is 0 Å². The van der Waals surface area contributed by atoms with E-state index in [0.29, 0.717) is 6.61 Å². The molecule has 92 valence electrons. The van der Waals surface area contributed by atoms with Gasteiger partial charge in [-0.15, -0.1) is 0 Å². The molecule has 0 N–H and O–H groups in total. The van der Waals surface area contributed by atoms with E-state index in [1.165, 1.54) is 16.7 Å². The van der Waals surface area contributed by atoms with Gasteiger partial charge in [-0.3, -0.25) is 0 Å². The number of allylic oxidation sites excluding steroid dienone is 4. The molecular weight excluding hydrogens is 196 g/mol. The quantitative estimate of drug-likeness (QED) is 0.334. The fraction of sp³-hybridized carbons (Fsp3) is 0.600. The third kappa shape index (κ3) is 9.57. The van der Waals surface area contributed by atoms with Crippen LogP contribution in [0, 0.1) is 0 Å². The van der Waals surface area contributed by atoms with Crippen molar-refractivity contribution < 1.29 is 4.74 Å². The molecule has 1 nitrogen and oxygen atoms in total. The molecule has 0 aliphatic heterocycles. The average Bonchev–Trinajstić information content (AvgIpc) is 2.23. The standard InChI is InChI=1S/C15H26O/c1-6-14(4)12-16-11-10-15(5)9-7-8-13(2)3/h8,10,12H,6-7,9,11H2,1-5H3/b14-12+,15-10+. The molecule has 0 aliphatic carbocycles. The van der Waals surface area contributed by atoms with Gasteiger partial charge in [0.1, 0.15) is 6.61 Å². The summed E-state index contributed by atoms with van der Waals surface area (Å²) in [6, 6.07) is 0. The van der Waals surface area contributed by atoms with Crippen LogP contribution in [0.2, 0.25) is 0 Å². The zero-order valence-corrected chi connectivity index (χ0v) is 11.5. The predicted octanol–water partition coefficient (Wildman–Crippen LogP) is 5.01. The molecular formula is C15H26O. The van der Waals surface area contributed by atoms with E-state index < -0.39 is 0 Å². The topological polar surface area (TPSA) is 9.23 Å². The van der Waals surface area contributed by atoms with Gasteiger partial charge in [0.25, 0.3) is 0 Å². The van der Waals surface area contributed by atoms with Gasteiger partial charge in [-0.25, -0.2) is 0 Å². The Kier molecular flexibility index (Phi) is 8.69. The van der Waals surface area contributed by atoms with Crippen molar-refractivity contribution in [3.05, 3.63) is 35.1 Å². The third-order valence-electron chi connectivity index (χ3n) is 2.46. The van der Waals surface area contributed by atoms with Crippen LogP contribution in [0.3, 0.4) is 0 Å². The highest BCUT2D eigenvalue weighted by Crippen LogP contribution is 2.06. The Morgan fingerprint density at radius 2 is 1.69 bits per heavy atom. The summed E-state index contributed by atoms with van der Waals surface area (Å²) in [4.78, 5) is 0. The van der Waals surface area contributed by atoms with Gasteiger partial charge in [-0.2, -0.15) is 0 Å². The Labute approximate surface area is 101 Å². The van der Waals surface area contributed by atoms with Crippen LogP contribution in [0.1, 0.15) is 53.9 Å². The average molecular weight is 222 g/mol. The van der Waals surface area contributed by atoms with E-state index in [1.807, 2.05) is 6.26 Å². The lowest BCUT2D eigenvalue weighted by atomic mass is 10.1. The molecule has 0 bridgehead atoms. The second-order valence-corrected chi connectivity index (χ2v) is 4.52. The fourth-order valence-corrected chi connectivity index (χ4v) is 1.15. The molecule has 0 atom stereocenters. The van der Waals surface area contributed by atoms with Crippen molar-refractivity contribution in [3.63, 3.8) is 0 Å². The van der Waals surface area contributed by atoms with Crippen LogP contribution in [0.4, 0.5) is 0 Å². The first-order valence-corrected chi connectivity index (χ1v) is 6.12. The maximum absolute atomic E-state index is 5.43. The number of hydrogen-bond acceptors (Lipinski definition) is 1. The van der Waals surface area contributed by atoms with Gasteiger partial charge in [0.05, 0.1) is 6.26 Å². The maximum atomic E-state index is 5.43. The Morgan fingerprint density at radius 1 is 1.00 bits per heavy atom. The normalized spacial score (nSPS) is 12.6. The number of ether oxygens (including phenoxy) is 1. The van der Waals surface area contributed by atoms with Crippen molar-refractivity contribution >= 4 is 0 Å². The molecule has 0 aliphatic rings. The molecule has 0 saturated heterocycles. The molecule has 0 radical (unpaired) electrons. The third-order valence-corrected chi connectivity index (χ3v) is 2.46. The molecule has 0 saturated carbocycles. The highest BCUT2D eigenvalue weighted by Gasteiger charge is 1.89. The highest BCUT2D eigenvalue weighted by molar-refractivity contribution is 5.02. The van der Waals surface area contributed by atoms with Gasteiger partial charge >= 0.3 is 0 Å². The molecule has 0 rings (SSSR count). The van der Waals surface area contributed by atoms with Crippen molar-refractivity contribution in [1.29, 1.82) is 0 Å². The summed E-state index contributed by atoms with van der Waals surface area (Å²) < 4.78 is 5.43. The Balaban J connectivity index is 3.75. The van der Waals surface area contributed by atoms with E-state index in [1.54, 1.807) is 0 Å². The van der Waals surface area contributed by atoms with Crippen LogP contribution in [0.15, 0.2) is 35.1 Å². The van der Waals surface area contributed by atoms with E-state index in [-0.39, 0.29) is 0 Å². The van der Waals surface area contributed by atoms with E-state index >= 15 is 0 Å². The van der Waals surface area contributed by atoms with Crippen LogP contribution in [-0.4, -0.2) is 6.61 Å². The first-order chi connectivity index (χ1) is 7.56. The van der Waals surface area contributed by atoms with Gasteiger partial charge in [-0.05, 0) is 58.6 Å². The van der Waals surface area contributed by atoms with E-state index in [2.05, 4.69) is 46.8 Å². The van der Waals surface area contributed by atoms with E-state index in [9.17, 15) is 0 Å². The van der Waals surface area contributed by atoms with Crippen molar-refractivity contribution in [1.82, 2.24) is 0 Å². The minimum Gasteiger partial charge on any atom is -0.497 e. The minimum absolute atomic E-state index is 0.692. The van der Waals surface area contributed by atoms with Crippen molar-refractivity contribution in [2.75, 3.05) is 6.61 Å². The summed E-state index contributed by atoms with van der Waals surface area (Å²) in [6.07, 6.45) is 9.63. The van der Waals surface area contributed by atoms with Crippen LogP contribution in [0.5, 0.6) is 0 Å². The number of hydrogen-bond donors (Lipinski definition) is 0. The molecule has 0 aromatic rings. The summed E-state index contributed by atoms with van der Waals surface area (Å²) in [6.45, 7) is 11.4. The molecule has 0 fully saturated rings. The van der Waals surface area contributed by atoms with Gasteiger partial charge in [0.2, 0.25) is 0 Å². The highest BCUT2D eigenvalue weighted by atomic mass is 16.5. The van der Waals surface area contributed by atoms with Crippen molar-refractivity contribution in [2.45, 2.75) is 53.9 Å². The van der Waals surface area contributed by atoms with Gasteiger partial charge in [0.15, 0.2) is 0 Å². The van der Waals surface area contributed by atoms with Crippen molar-refractivity contribution in [2.24, 2.45) is 0 Å². The molecule has 0 aromatic heterocycles. The van der Waals surface area contributed by atoms with Crippen LogP contribution >= 0.6 is 0 Å². The monoisotopic (exact) mass is 222 g/mol. The molecule has 16 heavy (non-hydrogen) atoms. The maximum Gasteiger partial charge on any atom is 0.106 e. The van der Waals surface area contributed by atoms with Crippen LogP contribution in [0.25, 0.3) is 0 Å². The van der Waals surface area contributed by atoms with E-state index in [4.69, 9.17) is 4.74 Å². The summed E-state index contributed by atoms with van der Waals surface area (Å²) in [5.41, 5.74) is 4.08.